The van der Waals surface area contributed by atoms with Crippen molar-refractivity contribution in [2.75, 3.05) is 0 Å². The zero-order valence-corrected chi connectivity index (χ0v) is 6.99. The Kier molecular flexibility index (Phi) is 1.74. The molecule has 0 bridgehead atoms. The number of rotatable bonds is 1. The van der Waals surface area contributed by atoms with Gasteiger partial charge >= 0.3 is 0 Å². The molecule has 0 aliphatic carbocycles. The molecule has 60 valence electrons. The van der Waals surface area contributed by atoms with Crippen LogP contribution in [0.2, 0.25) is 0 Å². The molecule has 1 aromatic rings. The molecule has 0 amide bonds. The van der Waals surface area contributed by atoms with Crippen molar-refractivity contribution in [1.29, 1.82) is 0 Å². The lowest BCUT2D eigenvalue weighted by Gasteiger charge is -1.95. The van der Waals surface area contributed by atoms with Crippen LogP contribution in [0.1, 0.15) is 19.0 Å². The van der Waals surface area contributed by atoms with Crippen LogP contribution in [0.4, 0.5) is 0 Å². The van der Waals surface area contributed by atoms with E-state index in [9.17, 15) is 0 Å². The minimum absolute atomic E-state index is 0.964. The predicted octanol–water partition coefficient (Wildman–Crippen LogP) is 2.29. The summed E-state index contributed by atoms with van der Waals surface area (Å²) in [6.45, 7) is 2.03. The predicted molar refractivity (Wildman–Crippen MR) is 49.9 cm³/mol. The first-order valence-electron chi connectivity index (χ1n) is 4.02. The summed E-state index contributed by atoms with van der Waals surface area (Å²) in [5.74, 6) is 0. The van der Waals surface area contributed by atoms with E-state index in [4.69, 9.17) is 0 Å². The highest BCUT2D eigenvalue weighted by molar-refractivity contribution is 5.93. The van der Waals surface area contributed by atoms with Crippen molar-refractivity contribution < 1.29 is 0 Å². The largest absolute Gasteiger partial charge is 0.256 e. The van der Waals surface area contributed by atoms with Crippen LogP contribution >= 0.6 is 0 Å². The molecule has 0 radical (unpaired) electrons. The molecule has 0 atom stereocenters. The normalized spacial score (nSPS) is 15.8. The van der Waals surface area contributed by atoms with Crippen molar-refractivity contribution in [3.8, 4) is 0 Å². The number of nitrogens with zero attached hydrogens (tertiary/aromatic N) is 2. The lowest BCUT2D eigenvalue weighted by molar-refractivity contribution is 1.26. The smallest absolute Gasteiger partial charge is 0.0882 e. The van der Waals surface area contributed by atoms with E-state index < -0.39 is 0 Å². The molecule has 0 aromatic carbocycles. The van der Waals surface area contributed by atoms with E-state index in [0.717, 1.165) is 23.5 Å². The Bertz CT molecular complexity index is 336. The van der Waals surface area contributed by atoms with Gasteiger partial charge in [0.2, 0.25) is 0 Å². The monoisotopic (exact) mass is 158 g/mol. The summed E-state index contributed by atoms with van der Waals surface area (Å²) in [5, 5.41) is 0. The van der Waals surface area contributed by atoms with Gasteiger partial charge in [-0.3, -0.25) is 9.98 Å². The summed E-state index contributed by atoms with van der Waals surface area (Å²) >= 11 is 0. The summed E-state index contributed by atoms with van der Waals surface area (Å²) in [5.41, 5.74) is 3.14. The average molecular weight is 158 g/mol. The van der Waals surface area contributed by atoms with E-state index in [1.807, 2.05) is 25.1 Å². The molecule has 2 rings (SSSR count). The first-order valence-corrected chi connectivity index (χ1v) is 4.02. The van der Waals surface area contributed by atoms with Gasteiger partial charge in [-0.05, 0) is 19.1 Å². The summed E-state index contributed by atoms with van der Waals surface area (Å²) in [7, 11) is 0. The van der Waals surface area contributed by atoms with Gasteiger partial charge in [0.1, 0.15) is 0 Å². The summed E-state index contributed by atoms with van der Waals surface area (Å²) in [4.78, 5) is 8.59. The third-order valence-electron chi connectivity index (χ3n) is 1.83. The number of hydrogen-bond acceptors (Lipinski definition) is 2. The van der Waals surface area contributed by atoms with Crippen LogP contribution in [-0.4, -0.2) is 10.7 Å². The highest BCUT2D eigenvalue weighted by Crippen LogP contribution is 2.19. The van der Waals surface area contributed by atoms with Gasteiger partial charge < -0.3 is 0 Å². The van der Waals surface area contributed by atoms with Gasteiger partial charge in [-0.1, -0.05) is 12.1 Å². The maximum absolute atomic E-state index is 4.37. The molecule has 0 fully saturated rings. The zero-order chi connectivity index (χ0) is 8.39. The van der Waals surface area contributed by atoms with Gasteiger partial charge in [-0.25, -0.2) is 0 Å². The van der Waals surface area contributed by atoms with E-state index in [1.165, 1.54) is 0 Å². The topological polar surface area (TPSA) is 25.2 Å². The van der Waals surface area contributed by atoms with E-state index >= 15 is 0 Å². The second-order valence-electron chi connectivity index (χ2n) is 2.86. The average Bonchev–Trinajstić information content (AvgIpc) is 2.54. The van der Waals surface area contributed by atoms with Crippen LogP contribution in [0, 0.1) is 0 Å². The molecule has 12 heavy (non-hydrogen) atoms. The Morgan fingerprint density at radius 1 is 1.33 bits per heavy atom. The van der Waals surface area contributed by atoms with Crippen LogP contribution in [0.3, 0.4) is 0 Å². The first kappa shape index (κ1) is 7.22. The number of aliphatic imine (C=N–C) groups is 1. The second kappa shape index (κ2) is 2.89. The zero-order valence-electron chi connectivity index (χ0n) is 6.99. The molecule has 0 saturated heterocycles. The Morgan fingerprint density at radius 2 is 2.25 bits per heavy atom. The quantitative estimate of drug-likeness (QED) is 0.615. The third kappa shape index (κ3) is 1.28. The standard InChI is InChI=1S/C10H10N2/c1-8-5-6-10(12-8)9-4-2-3-7-11-9/h2-4,6-7H,5H2,1H3. The Labute approximate surface area is 71.7 Å². The van der Waals surface area contributed by atoms with E-state index in [-0.39, 0.29) is 0 Å². The van der Waals surface area contributed by atoms with Crippen LogP contribution in [0.15, 0.2) is 35.5 Å². The van der Waals surface area contributed by atoms with Crippen molar-refractivity contribution in [3.05, 3.63) is 36.2 Å². The molecule has 1 aromatic heterocycles. The van der Waals surface area contributed by atoms with Crippen molar-refractivity contribution >= 4 is 11.4 Å². The molecule has 1 aliphatic heterocycles. The van der Waals surface area contributed by atoms with Gasteiger partial charge in [-0.15, -0.1) is 0 Å². The summed E-state index contributed by atoms with van der Waals surface area (Å²) in [6, 6.07) is 5.87. The van der Waals surface area contributed by atoms with Crippen molar-refractivity contribution in [2.45, 2.75) is 13.3 Å². The van der Waals surface area contributed by atoms with Crippen LogP contribution in [0.5, 0.6) is 0 Å². The molecule has 0 unspecified atom stereocenters. The van der Waals surface area contributed by atoms with Gasteiger partial charge in [0.25, 0.3) is 0 Å². The lowest BCUT2D eigenvalue weighted by atomic mass is 10.2. The fourth-order valence-corrected chi connectivity index (χ4v) is 1.22. The Hall–Kier alpha value is -1.44. The van der Waals surface area contributed by atoms with E-state index in [2.05, 4.69) is 16.1 Å². The van der Waals surface area contributed by atoms with Crippen LogP contribution in [-0.2, 0) is 0 Å². The minimum Gasteiger partial charge on any atom is -0.256 e. The van der Waals surface area contributed by atoms with Crippen molar-refractivity contribution in [2.24, 2.45) is 4.99 Å². The number of aromatic nitrogens is 1. The van der Waals surface area contributed by atoms with Gasteiger partial charge in [0.05, 0.1) is 11.4 Å². The first-order chi connectivity index (χ1) is 5.86. The molecule has 2 heteroatoms. The summed E-state index contributed by atoms with van der Waals surface area (Å²) in [6.07, 6.45) is 4.86. The third-order valence-corrected chi connectivity index (χ3v) is 1.83. The summed E-state index contributed by atoms with van der Waals surface area (Å²) < 4.78 is 0. The van der Waals surface area contributed by atoms with Crippen LogP contribution < -0.4 is 0 Å². The maximum Gasteiger partial charge on any atom is 0.0882 e. The van der Waals surface area contributed by atoms with Gasteiger partial charge in [0.15, 0.2) is 0 Å². The SMILES string of the molecule is CC1=NC(c2ccccn2)=CC1. The molecule has 0 spiro atoms. The lowest BCUT2D eigenvalue weighted by Crippen LogP contribution is -1.83. The van der Waals surface area contributed by atoms with Crippen LogP contribution in [0.25, 0.3) is 5.70 Å². The fourth-order valence-electron chi connectivity index (χ4n) is 1.22. The molecule has 2 nitrogen and oxygen atoms in total. The molecular formula is C10H10N2. The van der Waals surface area contributed by atoms with Gasteiger partial charge in [-0.2, -0.15) is 0 Å². The molecule has 0 N–H and O–H groups in total. The van der Waals surface area contributed by atoms with E-state index in [1.54, 1.807) is 6.20 Å². The Morgan fingerprint density at radius 3 is 2.83 bits per heavy atom. The molecule has 1 aliphatic rings. The van der Waals surface area contributed by atoms with Crippen molar-refractivity contribution in [3.63, 3.8) is 0 Å². The highest BCUT2D eigenvalue weighted by Gasteiger charge is 2.06. The molecule has 2 heterocycles. The number of pyridine rings is 1. The number of allylic oxidation sites excluding steroid dienone is 1. The van der Waals surface area contributed by atoms with E-state index in [0.29, 0.717) is 0 Å². The van der Waals surface area contributed by atoms with Crippen molar-refractivity contribution in [1.82, 2.24) is 4.98 Å². The maximum atomic E-state index is 4.37. The second-order valence-corrected chi connectivity index (χ2v) is 2.86. The number of hydrogen-bond donors (Lipinski definition) is 0. The molecular weight excluding hydrogens is 148 g/mol. The highest BCUT2D eigenvalue weighted by atomic mass is 14.8. The molecule has 0 saturated carbocycles. The minimum atomic E-state index is 0.964. The Balaban J connectivity index is 2.34. The van der Waals surface area contributed by atoms with Gasteiger partial charge in [0, 0.05) is 18.3 Å². The fraction of sp³-hybridized carbons (Fsp3) is 0.200.